The van der Waals surface area contributed by atoms with E-state index in [2.05, 4.69) is 15.3 Å². The number of rotatable bonds is 4. The Morgan fingerprint density at radius 2 is 2.03 bits per heavy atom. The molecule has 0 spiro atoms. The first-order chi connectivity index (χ1) is 14.8. The second kappa shape index (κ2) is 8.94. The molecule has 4 heterocycles. The summed E-state index contributed by atoms with van der Waals surface area (Å²) in [6.07, 6.45) is 4.74. The van der Waals surface area contributed by atoms with Crippen LogP contribution in [0.1, 0.15) is 23.7 Å². The molecule has 1 aliphatic heterocycles. The van der Waals surface area contributed by atoms with Crippen molar-refractivity contribution in [2.75, 3.05) is 13.1 Å². The van der Waals surface area contributed by atoms with Crippen LogP contribution in [0.2, 0.25) is 10.0 Å². The minimum atomic E-state index is -0.365. The van der Waals surface area contributed by atoms with Crippen LogP contribution in [0.25, 0.3) is 10.2 Å². The van der Waals surface area contributed by atoms with Crippen LogP contribution in [-0.2, 0) is 11.3 Å². The number of amides is 2. The van der Waals surface area contributed by atoms with E-state index in [1.165, 1.54) is 34.6 Å². The Labute approximate surface area is 191 Å². The molecule has 3 aromatic rings. The molecule has 0 aliphatic carbocycles. The van der Waals surface area contributed by atoms with E-state index >= 15 is 0 Å². The molecule has 2 unspecified atom stereocenters. The van der Waals surface area contributed by atoms with Crippen LogP contribution in [-0.4, -0.2) is 50.4 Å². The van der Waals surface area contributed by atoms with Gasteiger partial charge < -0.3 is 10.2 Å². The van der Waals surface area contributed by atoms with Crippen LogP contribution in [0, 0.1) is 5.92 Å². The van der Waals surface area contributed by atoms with Crippen molar-refractivity contribution in [3.63, 3.8) is 0 Å². The van der Waals surface area contributed by atoms with E-state index in [1.54, 1.807) is 16.3 Å². The van der Waals surface area contributed by atoms with Gasteiger partial charge in [-0.25, -0.2) is 4.98 Å². The normalized spacial score (nSPS) is 18.9. The lowest BCUT2D eigenvalue weighted by Gasteiger charge is -2.37. The summed E-state index contributed by atoms with van der Waals surface area (Å²) in [5.74, 6) is -0.513. The number of hydrogen-bond donors (Lipinski definition) is 1. The minimum Gasteiger partial charge on any atom is -0.349 e. The van der Waals surface area contributed by atoms with Gasteiger partial charge in [-0.15, -0.1) is 11.3 Å². The molecule has 3 aromatic heterocycles. The van der Waals surface area contributed by atoms with E-state index in [-0.39, 0.29) is 51.5 Å². The van der Waals surface area contributed by atoms with Crippen LogP contribution in [0.15, 0.2) is 35.0 Å². The standard InChI is InChI=1S/C20H19Cl2N5O3S/c1-11-8-26(16(28)9-27-10-24-19-12(20(27)30)3-5-31-19)4-2-15(11)25-18(29)17-13(21)6-23-7-14(17)22/h3,5-7,10-11,15H,2,4,8-9H2,1H3,(H,25,29). The summed E-state index contributed by atoms with van der Waals surface area (Å²) < 4.78 is 1.34. The lowest BCUT2D eigenvalue weighted by Crippen LogP contribution is -2.52. The number of carbonyl (C=O) groups excluding carboxylic acids is 2. The van der Waals surface area contributed by atoms with Crippen molar-refractivity contribution < 1.29 is 9.59 Å². The van der Waals surface area contributed by atoms with Crippen LogP contribution in [0.4, 0.5) is 0 Å². The van der Waals surface area contributed by atoms with Crippen molar-refractivity contribution in [3.05, 3.63) is 56.1 Å². The number of hydrogen-bond acceptors (Lipinski definition) is 6. The largest absolute Gasteiger partial charge is 0.349 e. The topological polar surface area (TPSA) is 97.2 Å². The van der Waals surface area contributed by atoms with Gasteiger partial charge in [0.2, 0.25) is 5.91 Å². The summed E-state index contributed by atoms with van der Waals surface area (Å²) >= 11 is 13.5. The summed E-state index contributed by atoms with van der Waals surface area (Å²) in [5, 5.41) is 5.66. The average Bonchev–Trinajstić information content (AvgIpc) is 3.21. The molecule has 1 saturated heterocycles. The van der Waals surface area contributed by atoms with E-state index in [1.807, 2.05) is 6.92 Å². The fraction of sp³-hybridized carbons (Fsp3) is 0.350. The maximum Gasteiger partial charge on any atom is 0.262 e. The summed E-state index contributed by atoms with van der Waals surface area (Å²) in [6, 6.07) is 1.58. The second-order valence-electron chi connectivity index (χ2n) is 7.48. The van der Waals surface area contributed by atoms with Crippen LogP contribution < -0.4 is 10.9 Å². The molecule has 0 radical (unpaired) electrons. The first-order valence-corrected chi connectivity index (χ1v) is 11.3. The third-order valence-electron chi connectivity index (χ3n) is 5.41. The summed E-state index contributed by atoms with van der Waals surface area (Å²) in [6.45, 7) is 2.83. The number of fused-ring (bicyclic) bond motifs is 1. The number of nitrogens with zero attached hydrogens (tertiary/aromatic N) is 4. The Morgan fingerprint density at radius 1 is 1.29 bits per heavy atom. The maximum absolute atomic E-state index is 12.8. The van der Waals surface area contributed by atoms with Crippen LogP contribution in [0.3, 0.4) is 0 Å². The fourth-order valence-corrected chi connectivity index (χ4v) is 4.97. The van der Waals surface area contributed by atoms with Crippen molar-refractivity contribution in [2.24, 2.45) is 5.92 Å². The van der Waals surface area contributed by atoms with E-state index in [4.69, 9.17) is 23.2 Å². The molecule has 0 saturated carbocycles. The monoisotopic (exact) mass is 479 g/mol. The zero-order chi connectivity index (χ0) is 22.1. The molecule has 162 valence electrons. The zero-order valence-electron chi connectivity index (χ0n) is 16.5. The van der Waals surface area contributed by atoms with E-state index in [9.17, 15) is 14.4 Å². The molecule has 1 fully saturated rings. The van der Waals surface area contributed by atoms with Gasteiger partial charge in [-0.3, -0.25) is 23.9 Å². The van der Waals surface area contributed by atoms with Gasteiger partial charge in [0.25, 0.3) is 11.5 Å². The second-order valence-corrected chi connectivity index (χ2v) is 9.19. The van der Waals surface area contributed by atoms with E-state index < -0.39 is 0 Å². The van der Waals surface area contributed by atoms with Gasteiger partial charge in [0.1, 0.15) is 11.4 Å². The van der Waals surface area contributed by atoms with Gasteiger partial charge in [0, 0.05) is 31.5 Å². The van der Waals surface area contributed by atoms with Crippen molar-refractivity contribution in [1.82, 2.24) is 24.8 Å². The highest BCUT2D eigenvalue weighted by atomic mass is 35.5. The molecule has 1 N–H and O–H groups in total. The molecule has 1 aliphatic rings. The number of halogens is 2. The Morgan fingerprint density at radius 3 is 2.74 bits per heavy atom. The summed E-state index contributed by atoms with van der Waals surface area (Å²) in [4.78, 5) is 48.4. The number of carbonyl (C=O) groups is 2. The Kier molecular flexibility index (Phi) is 6.27. The maximum atomic E-state index is 12.8. The lowest BCUT2D eigenvalue weighted by molar-refractivity contribution is -0.133. The SMILES string of the molecule is CC1CN(C(=O)Cn2cnc3sccc3c2=O)CCC1NC(=O)c1c(Cl)cncc1Cl. The molecule has 11 heteroatoms. The van der Waals surface area contributed by atoms with Crippen LogP contribution in [0.5, 0.6) is 0 Å². The Bertz CT molecular complexity index is 1190. The smallest absolute Gasteiger partial charge is 0.262 e. The minimum absolute atomic E-state index is 0.00948. The van der Waals surface area contributed by atoms with Gasteiger partial charge in [-0.05, 0) is 23.8 Å². The molecule has 0 aromatic carbocycles. The predicted octanol–water partition coefficient (Wildman–Crippen LogP) is 2.83. The van der Waals surface area contributed by atoms with Gasteiger partial charge in [-0.2, -0.15) is 0 Å². The Hall–Kier alpha value is -2.49. The van der Waals surface area contributed by atoms with Gasteiger partial charge in [0.15, 0.2) is 0 Å². The van der Waals surface area contributed by atoms with E-state index in [0.717, 1.165) is 0 Å². The fourth-order valence-electron chi connectivity index (χ4n) is 3.71. The van der Waals surface area contributed by atoms with Crippen molar-refractivity contribution in [3.8, 4) is 0 Å². The lowest BCUT2D eigenvalue weighted by atomic mass is 9.93. The average molecular weight is 480 g/mol. The Balaban J connectivity index is 1.39. The quantitative estimate of drug-likeness (QED) is 0.620. The number of aromatic nitrogens is 3. The highest BCUT2D eigenvalue weighted by Crippen LogP contribution is 2.24. The first-order valence-electron chi connectivity index (χ1n) is 9.65. The molecular weight excluding hydrogens is 461 g/mol. The van der Waals surface area contributed by atoms with Crippen molar-refractivity contribution >= 4 is 56.6 Å². The third-order valence-corrected chi connectivity index (χ3v) is 6.80. The molecule has 4 rings (SSSR count). The van der Waals surface area contributed by atoms with Crippen molar-refractivity contribution in [2.45, 2.75) is 25.9 Å². The molecule has 2 atom stereocenters. The van der Waals surface area contributed by atoms with Crippen molar-refractivity contribution in [1.29, 1.82) is 0 Å². The van der Waals surface area contributed by atoms with Crippen LogP contribution >= 0.6 is 34.5 Å². The third kappa shape index (κ3) is 4.44. The van der Waals surface area contributed by atoms with E-state index in [0.29, 0.717) is 29.7 Å². The molecule has 8 nitrogen and oxygen atoms in total. The number of pyridine rings is 1. The van der Waals surface area contributed by atoms with Gasteiger partial charge in [-0.1, -0.05) is 30.1 Å². The number of nitrogens with one attached hydrogen (secondary N) is 1. The number of piperidine rings is 1. The predicted molar refractivity (Wildman–Crippen MR) is 120 cm³/mol. The summed E-state index contributed by atoms with van der Waals surface area (Å²) in [7, 11) is 0. The molecule has 2 amide bonds. The highest BCUT2D eigenvalue weighted by molar-refractivity contribution is 7.16. The summed E-state index contributed by atoms with van der Waals surface area (Å²) in [5.41, 5.74) is -0.0272. The molecular formula is C20H19Cl2N5O3S. The number of likely N-dealkylation sites (tertiary alicyclic amines) is 1. The molecule has 31 heavy (non-hydrogen) atoms. The molecule has 0 bridgehead atoms. The number of thiophene rings is 1. The van der Waals surface area contributed by atoms with Gasteiger partial charge in [0.05, 0.1) is 27.3 Å². The zero-order valence-corrected chi connectivity index (χ0v) is 18.9. The van der Waals surface area contributed by atoms with Gasteiger partial charge >= 0.3 is 0 Å². The first kappa shape index (κ1) is 21.7. The highest BCUT2D eigenvalue weighted by Gasteiger charge is 2.31.